The second-order valence-electron chi connectivity index (χ2n) is 6.14. The predicted molar refractivity (Wildman–Crippen MR) is 98.9 cm³/mol. The fourth-order valence-electron chi connectivity index (χ4n) is 2.79. The molecule has 3 nitrogen and oxygen atoms in total. The van der Waals surface area contributed by atoms with Crippen LogP contribution in [0.2, 0.25) is 0 Å². The quantitative estimate of drug-likeness (QED) is 0.616. The minimum Gasteiger partial charge on any atom is -0.491 e. The number of benzene rings is 3. The molecule has 0 spiro atoms. The van der Waals surface area contributed by atoms with Gasteiger partial charge in [0.2, 0.25) is 0 Å². The van der Waals surface area contributed by atoms with Gasteiger partial charge in [0.25, 0.3) is 0 Å². The highest BCUT2D eigenvalue weighted by Crippen LogP contribution is 2.27. The molecule has 0 saturated carbocycles. The Balaban J connectivity index is 1.79. The van der Waals surface area contributed by atoms with Gasteiger partial charge in [0, 0.05) is 17.6 Å². The maximum Gasteiger partial charge on any atom is 0.332 e. The molecular weight excluding hydrogens is 317 g/mol. The molecule has 3 aromatic rings. The van der Waals surface area contributed by atoms with Crippen LogP contribution in [0.25, 0.3) is 10.8 Å². The Kier molecular flexibility index (Phi) is 4.98. The van der Waals surface area contributed by atoms with E-state index in [2.05, 4.69) is 5.32 Å². The van der Waals surface area contributed by atoms with E-state index in [1.54, 1.807) is 12.1 Å². The average molecular weight is 337 g/mol. The highest BCUT2D eigenvalue weighted by molar-refractivity contribution is 6.07. The summed E-state index contributed by atoms with van der Waals surface area (Å²) in [7, 11) is 0. The lowest BCUT2D eigenvalue weighted by atomic mass is 10.0. The first-order valence-electron chi connectivity index (χ1n) is 8.25. The van der Waals surface area contributed by atoms with Gasteiger partial charge in [-0.05, 0) is 49.1 Å². The Morgan fingerprint density at radius 3 is 2.36 bits per heavy atom. The van der Waals surface area contributed by atoms with Crippen LogP contribution in [0.1, 0.15) is 29.8 Å². The molecule has 0 aromatic heterocycles. The second kappa shape index (κ2) is 7.34. The first-order valence-corrected chi connectivity index (χ1v) is 8.25. The molecular formula is C21H20FNO2. The van der Waals surface area contributed by atoms with Gasteiger partial charge in [0.15, 0.2) is 0 Å². The number of hydrogen-bond donors (Lipinski definition) is 1. The van der Waals surface area contributed by atoms with E-state index in [4.69, 9.17) is 4.74 Å². The summed E-state index contributed by atoms with van der Waals surface area (Å²) in [6.45, 7) is 4.60. The third kappa shape index (κ3) is 3.97. The van der Waals surface area contributed by atoms with Gasteiger partial charge in [-0.3, -0.25) is 4.79 Å². The van der Waals surface area contributed by atoms with Gasteiger partial charge in [-0.2, -0.15) is 4.39 Å². The van der Waals surface area contributed by atoms with Crippen LogP contribution in [0.4, 0.5) is 10.1 Å². The third-order valence-electron chi connectivity index (χ3n) is 3.91. The first kappa shape index (κ1) is 17.0. The molecule has 0 aliphatic heterocycles. The van der Waals surface area contributed by atoms with Gasteiger partial charge in [0.05, 0.1) is 11.7 Å². The maximum atomic E-state index is 13.2. The van der Waals surface area contributed by atoms with Crippen molar-refractivity contribution in [3.05, 3.63) is 71.8 Å². The molecule has 25 heavy (non-hydrogen) atoms. The van der Waals surface area contributed by atoms with Crippen molar-refractivity contribution in [3.63, 3.8) is 0 Å². The van der Waals surface area contributed by atoms with E-state index >= 15 is 0 Å². The Morgan fingerprint density at radius 2 is 1.68 bits per heavy atom. The number of halogens is 1. The number of carbonyl (C=O) groups is 1. The lowest BCUT2D eigenvalue weighted by Crippen LogP contribution is -2.05. The number of carbonyl (C=O) groups excluding carboxylic acids is 1. The van der Waals surface area contributed by atoms with Crippen molar-refractivity contribution in [1.29, 1.82) is 0 Å². The molecule has 0 heterocycles. The zero-order chi connectivity index (χ0) is 17.8. The summed E-state index contributed by atoms with van der Waals surface area (Å²) in [5.41, 5.74) is 2.06. The zero-order valence-electron chi connectivity index (χ0n) is 14.3. The van der Waals surface area contributed by atoms with Crippen molar-refractivity contribution in [2.24, 2.45) is 0 Å². The maximum absolute atomic E-state index is 13.2. The van der Waals surface area contributed by atoms with Crippen molar-refractivity contribution in [3.8, 4) is 5.75 Å². The molecule has 128 valence electrons. The van der Waals surface area contributed by atoms with Crippen LogP contribution >= 0.6 is 0 Å². The van der Waals surface area contributed by atoms with Crippen molar-refractivity contribution in [2.45, 2.75) is 26.5 Å². The van der Waals surface area contributed by atoms with Crippen LogP contribution in [0.3, 0.4) is 0 Å². The lowest BCUT2D eigenvalue weighted by Gasteiger charge is -2.12. The Bertz CT molecular complexity index is 888. The summed E-state index contributed by atoms with van der Waals surface area (Å²) in [6.07, 6.45) is 0.145. The standard InChI is InChI=1S/C21H20FNO2/c1-14(2)25-16-11-9-15(10-12-16)13-23-20-8-4-5-17-18(20)6-3-7-19(17)21(22)24/h3-12,14,23H,13H2,1-2H3. The van der Waals surface area contributed by atoms with Crippen molar-refractivity contribution in [1.82, 2.24) is 0 Å². The minimum atomic E-state index is -1.41. The monoisotopic (exact) mass is 337 g/mol. The highest BCUT2D eigenvalue weighted by atomic mass is 19.1. The molecule has 0 saturated heterocycles. The average Bonchev–Trinajstić information content (AvgIpc) is 2.60. The van der Waals surface area contributed by atoms with Gasteiger partial charge < -0.3 is 10.1 Å². The van der Waals surface area contributed by atoms with Crippen LogP contribution in [-0.2, 0) is 6.54 Å². The van der Waals surface area contributed by atoms with E-state index in [0.717, 1.165) is 22.4 Å². The van der Waals surface area contributed by atoms with Gasteiger partial charge in [-0.15, -0.1) is 0 Å². The summed E-state index contributed by atoms with van der Waals surface area (Å²) < 4.78 is 18.8. The molecule has 3 aromatic carbocycles. The molecule has 0 amide bonds. The van der Waals surface area contributed by atoms with Crippen LogP contribution in [-0.4, -0.2) is 12.1 Å². The van der Waals surface area contributed by atoms with Crippen molar-refractivity contribution < 1.29 is 13.9 Å². The summed E-state index contributed by atoms with van der Waals surface area (Å²) in [5, 5.41) is 4.79. The lowest BCUT2D eigenvalue weighted by molar-refractivity contribution is 0.0838. The van der Waals surface area contributed by atoms with Crippen molar-refractivity contribution >= 4 is 22.5 Å². The third-order valence-corrected chi connectivity index (χ3v) is 3.91. The fraction of sp³-hybridized carbons (Fsp3) is 0.190. The number of ether oxygens (including phenoxy) is 1. The van der Waals surface area contributed by atoms with Crippen LogP contribution < -0.4 is 10.1 Å². The molecule has 0 atom stereocenters. The fourth-order valence-corrected chi connectivity index (χ4v) is 2.79. The Hall–Kier alpha value is -2.88. The van der Waals surface area contributed by atoms with E-state index in [1.165, 1.54) is 6.07 Å². The molecule has 0 radical (unpaired) electrons. The smallest absolute Gasteiger partial charge is 0.332 e. The zero-order valence-corrected chi connectivity index (χ0v) is 14.3. The minimum absolute atomic E-state index is 0.0938. The second-order valence-corrected chi connectivity index (χ2v) is 6.14. The number of fused-ring (bicyclic) bond motifs is 1. The van der Waals surface area contributed by atoms with E-state index < -0.39 is 6.04 Å². The van der Waals surface area contributed by atoms with E-state index in [-0.39, 0.29) is 11.7 Å². The van der Waals surface area contributed by atoms with E-state index in [0.29, 0.717) is 11.9 Å². The first-order chi connectivity index (χ1) is 12.0. The number of anilines is 1. The summed E-state index contributed by atoms with van der Waals surface area (Å²) in [4.78, 5) is 11.2. The SMILES string of the molecule is CC(C)Oc1ccc(CNc2cccc3c(C(=O)F)cccc23)cc1. The largest absolute Gasteiger partial charge is 0.491 e. The molecule has 0 unspecified atom stereocenters. The summed E-state index contributed by atoms with van der Waals surface area (Å²) in [6, 6.07) is 17.1. The molecule has 0 fully saturated rings. The van der Waals surface area contributed by atoms with E-state index in [9.17, 15) is 9.18 Å². The van der Waals surface area contributed by atoms with Gasteiger partial charge in [-0.25, -0.2) is 0 Å². The molecule has 0 aliphatic rings. The number of hydrogen-bond acceptors (Lipinski definition) is 3. The molecule has 0 aliphatic carbocycles. The van der Waals surface area contributed by atoms with Crippen molar-refractivity contribution in [2.75, 3.05) is 5.32 Å². The van der Waals surface area contributed by atoms with Gasteiger partial charge in [-0.1, -0.05) is 36.4 Å². The van der Waals surface area contributed by atoms with Crippen LogP contribution in [0, 0.1) is 0 Å². The normalized spacial score (nSPS) is 10.9. The summed E-state index contributed by atoms with van der Waals surface area (Å²) in [5.74, 6) is 0.843. The highest BCUT2D eigenvalue weighted by Gasteiger charge is 2.10. The molecule has 4 heteroatoms. The molecule has 0 bridgehead atoms. The summed E-state index contributed by atoms with van der Waals surface area (Å²) >= 11 is 0. The Labute approximate surface area is 146 Å². The number of rotatable bonds is 6. The van der Waals surface area contributed by atoms with Crippen LogP contribution in [0.15, 0.2) is 60.7 Å². The Morgan fingerprint density at radius 1 is 1.00 bits per heavy atom. The van der Waals surface area contributed by atoms with Crippen LogP contribution in [0.5, 0.6) is 5.75 Å². The van der Waals surface area contributed by atoms with Gasteiger partial charge in [0.1, 0.15) is 5.75 Å². The topological polar surface area (TPSA) is 38.3 Å². The van der Waals surface area contributed by atoms with E-state index in [1.807, 2.05) is 56.3 Å². The van der Waals surface area contributed by atoms with Gasteiger partial charge >= 0.3 is 6.04 Å². The molecule has 3 rings (SSSR count). The molecule has 1 N–H and O–H groups in total. The predicted octanol–water partition coefficient (Wildman–Crippen LogP) is 5.35. The number of nitrogens with one attached hydrogen (secondary N) is 1.